The SMILES string of the molecule is CC(CC(=O)N(CC#Cc1ccccc1)C1CCCC1)n1cccn1. The van der Waals surface area contributed by atoms with Crippen LogP contribution >= 0.6 is 0 Å². The van der Waals surface area contributed by atoms with E-state index in [9.17, 15) is 4.79 Å². The van der Waals surface area contributed by atoms with E-state index in [4.69, 9.17) is 0 Å². The molecule has 25 heavy (non-hydrogen) atoms. The summed E-state index contributed by atoms with van der Waals surface area (Å²) in [5.74, 6) is 6.55. The van der Waals surface area contributed by atoms with Gasteiger partial charge in [0.15, 0.2) is 0 Å². The Balaban J connectivity index is 1.66. The highest BCUT2D eigenvalue weighted by atomic mass is 16.2. The Morgan fingerprint density at radius 2 is 2.04 bits per heavy atom. The second-order valence-electron chi connectivity index (χ2n) is 6.67. The summed E-state index contributed by atoms with van der Waals surface area (Å²) in [7, 11) is 0. The lowest BCUT2D eigenvalue weighted by Crippen LogP contribution is -2.40. The molecule has 4 heteroatoms. The van der Waals surface area contributed by atoms with Gasteiger partial charge in [0.1, 0.15) is 0 Å². The Bertz CT molecular complexity index is 722. The number of aromatic nitrogens is 2. The minimum absolute atomic E-state index is 0.0634. The zero-order chi connectivity index (χ0) is 17.5. The molecule has 0 bridgehead atoms. The standard InChI is InChI=1S/C21H25N3O/c1-18(24-16-8-14-22-24)17-21(25)23(20-12-5-6-13-20)15-7-11-19-9-3-2-4-10-19/h2-4,8-10,14,16,18,20H,5-6,12-13,15,17H2,1H3. The van der Waals surface area contributed by atoms with Crippen LogP contribution in [0.15, 0.2) is 48.8 Å². The van der Waals surface area contributed by atoms with E-state index in [0.29, 0.717) is 19.0 Å². The van der Waals surface area contributed by atoms with Crippen LogP contribution in [0.3, 0.4) is 0 Å². The fourth-order valence-corrected chi connectivity index (χ4v) is 3.39. The molecule has 1 aromatic carbocycles. The van der Waals surface area contributed by atoms with Crippen molar-refractivity contribution in [2.24, 2.45) is 0 Å². The average molecular weight is 335 g/mol. The van der Waals surface area contributed by atoms with Gasteiger partial charge in [-0.2, -0.15) is 5.10 Å². The van der Waals surface area contributed by atoms with E-state index in [1.165, 1.54) is 12.8 Å². The van der Waals surface area contributed by atoms with Gasteiger partial charge in [0.05, 0.1) is 12.6 Å². The van der Waals surface area contributed by atoms with Crippen molar-refractivity contribution in [2.75, 3.05) is 6.54 Å². The Labute approximate surface area is 149 Å². The largest absolute Gasteiger partial charge is 0.328 e. The Morgan fingerprint density at radius 1 is 1.28 bits per heavy atom. The molecule has 130 valence electrons. The summed E-state index contributed by atoms with van der Waals surface area (Å²) < 4.78 is 1.85. The lowest BCUT2D eigenvalue weighted by molar-refractivity contribution is -0.133. The first-order chi connectivity index (χ1) is 12.2. The van der Waals surface area contributed by atoms with E-state index in [1.54, 1.807) is 6.20 Å². The molecule has 1 saturated carbocycles. The van der Waals surface area contributed by atoms with Crippen LogP contribution in [-0.2, 0) is 4.79 Å². The van der Waals surface area contributed by atoms with E-state index in [2.05, 4.69) is 16.9 Å². The number of carbonyl (C=O) groups excluding carboxylic acids is 1. The van der Waals surface area contributed by atoms with Gasteiger partial charge in [-0.25, -0.2) is 0 Å². The van der Waals surface area contributed by atoms with Crippen LogP contribution in [0.2, 0.25) is 0 Å². The number of hydrogen-bond acceptors (Lipinski definition) is 2. The maximum atomic E-state index is 12.9. The molecule has 4 nitrogen and oxygen atoms in total. The molecule has 1 amide bonds. The van der Waals surface area contributed by atoms with Crippen LogP contribution in [0.25, 0.3) is 0 Å². The van der Waals surface area contributed by atoms with Gasteiger partial charge >= 0.3 is 0 Å². The van der Waals surface area contributed by atoms with Gasteiger partial charge in [-0.15, -0.1) is 0 Å². The van der Waals surface area contributed by atoms with Crippen LogP contribution in [0.5, 0.6) is 0 Å². The van der Waals surface area contributed by atoms with E-state index in [-0.39, 0.29) is 11.9 Å². The lowest BCUT2D eigenvalue weighted by atomic mass is 10.1. The molecule has 1 aliphatic carbocycles. The molecule has 1 aliphatic rings. The van der Waals surface area contributed by atoms with Crippen LogP contribution in [0, 0.1) is 11.8 Å². The van der Waals surface area contributed by atoms with Gasteiger partial charge in [-0.3, -0.25) is 9.48 Å². The maximum Gasteiger partial charge on any atom is 0.225 e. The molecule has 0 aliphatic heterocycles. The van der Waals surface area contributed by atoms with Crippen LogP contribution < -0.4 is 0 Å². The molecule has 0 radical (unpaired) electrons. The van der Waals surface area contributed by atoms with Crippen molar-refractivity contribution in [3.8, 4) is 11.8 Å². The van der Waals surface area contributed by atoms with Gasteiger partial charge in [-0.1, -0.05) is 42.9 Å². The predicted octanol–water partition coefficient (Wildman–Crippen LogP) is 3.66. The topological polar surface area (TPSA) is 38.1 Å². The van der Waals surface area contributed by atoms with Crippen LogP contribution in [-0.4, -0.2) is 33.2 Å². The second kappa shape index (κ2) is 8.53. The smallest absolute Gasteiger partial charge is 0.225 e. The predicted molar refractivity (Wildman–Crippen MR) is 98.8 cm³/mol. The van der Waals surface area contributed by atoms with Crippen molar-refractivity contribution in [1.29, 1.82) is 0 Å². The second-order valence-corrected chi connectivity index (χ2v) is 6.67. The van der Waals surface area contributed by atoms with Crippen molar-refractivity contribution >= 4 is 5.91 Å². The van der Waals surface area contributed by atoms with Gasteiger partial charge in [0, 0.05) is 30.4 Å². The third-order valence-electron chi connectivity index (χ3n) is 4.79. The van der Waals surface area contributed by atoms with Crippen LogP contribution in [0.1, 0.15) is 50.6 Å². The summed E-state index contributed by atoms with van der Waals surface area (Å²) in [5, 5.41) is 4.25. The Morgan fingerprint density at radius 3 is 2.72 bits per heavy atom. The normalized spacial score (nSPS) is 15.4. The van der Waals surface area contributed by atoms with Crippen LogP contribution in [0.4, 0.5) is 0 Å². The summed E-state index contributed by atoms with van der Waals surface area (Å²) in [5.41, 5.74) is 0.992. The quantitative estimate of drug-likeness (QED) is 0.782. The summed E-state index contributed by atoms with van der Waals surface area (Å²) in [4.78, 5) is 14.9. The molecule has 1 fully saturated rings. The minimum atomic E-state index is 0.0634. The van der Waals surface area contributed by atoms with Crippen molar-refractivity contribution in [2.45, 2.75) is 51.1 Å². The molecule has 3 rings (SSSR count). The van der Waals surface area contributed by atoms with Crippen molar-refractivity contribution < 1.29 is 4.79 Å². The minimum Gasteiger partial charge on any atom is -0.328 e. The lowest BCUT2D eigenvalue weighted by Gasteiger charge is -2.28. The maximum absolute atomic E-state index is 12.9. The Hall–Kier alpha value is -2.54. The zero-order valence-electron chi connectivity index (χ0n) is 14.8. The van der Waals surface area contributed by atoms with Gasteiger partial charge in [0.2, 0.25) is 5.91 Å². The molecular formula is C21H25N3O. The summed E-state index contributed by atoms with van der Waals surface area (Å²) in [6.07, 6.45) is 8.72. The molecule has 1 unspecified atom stereocenters. The van der Waals surface area contributed by atoms with E-state index >= 15 is 0 Å². The summed E-state index contributed by atoms with van der Waals surface area (Å²) in [6, 6.07) is 12.2. The number of amides is 1. The number of rotatable bonds is 5. The monoisotopic (exact) mass is 335 g/mol. The highest BCUT2D eigenvalue weighted by Gasteiger charge is 2.27. The number of carbonyl (C=O) groups is 1. The number of benzene rings is 1. The van der Waals surface area contributed by atoms with Crippen molar-refractivity contribution in [1.82, 2.24) is 14.7 Å². The molecular weight excluding hydrogens is 310 g/mol. The Kier molecular flexibility index (Phi) is 5.90. The summed E-state index contributed by atoms with van der Waals surface area (Å²) >= 11 is 0. The molecule has 0 saturated heterocycles. The first-order valence-electron chi connectivity index (χ1n) is 9.06. The van der Waals surface area contributed by atoms with Gasteiger partial charge in [-0.05, 0) is 38.0 Å². The van der Waals surface area contributed by atoms with E-state index in [1.807, 2.05) is 59.1 Å². The first kappa shape index (κ1) is 17.3. The van der Waals surface area contributed by atoms with E-state index < -0.39 is 0 Å². The molecule has 1 aromatic heterocycles. The molecule has 1 atom stereocenters. The molecule has 1 heterocycles. The highest BCUT2D eigenvalue weighted by Crippen LogP contribution is 2.25. The van der Waals surface area contributed by atoms with Gasteiger partial charge in [0.25, 0.3) is 0 Å². The molecule has 0 N–H and O–H groups in total. The molecule has 0 spiro atoms. The van der Waals surface area contributed by atoms with Gasteiger partial charge < -0.3 is 4.90 Å². The average Bonchev–Trinajstić information content (AvgIpc) is 3.33. The van der Waals surface area contributed by atoms with Crippen molar-refractivity contribution in [3.05, 3.63) is 54.4 Å². The zero-order valence-corrected chi connectivity index (χ0v) is 14.8. The van der Waals surface area contributed by atoms with E-state index in [0.717, 1.165) is 18.4 Å². The summed E-state index contributed by atoms with van der Waals surface area (Å²) in [6.45, 7) is 2.54. The third-order valence-corrected chi connectivity index (χ3v) is 4.79. The first-order valence-corrected chi connectivity index (χ1v) is 9.06. The highest BCUT2D eigenvalue weighted by molar-refractivity contribution is 5.77. The fourth-order valence-electron chi connectivity index (χ4n) is 3.39. The number of hydrogen-bond donors (Lipinski definition) is 0. The number of nitrogens with zero attached hydrogens (tertiary/aromatic N) is 3. The molecule has 2 aromatic rings. The fraction of sp³-hybridized carbons (Fsp3) is 0.429. The van der Waals surface area contributed by atoms with Crippen molar-refractivity contribution in [3.63, 3.8) is 0 Å². The third kappa shape index (κ3) is 4.73.